The predicted octanol–water partition coefficient (Wildman–Crippen LogP) is 1.65. The van der Waals surface area contributed by atoms with E-state index in [1.807, 2.05) is 30.3 Å². The zero-order valence-electron chi connectivity index (χ0n) is 12.9. The molecule has 0 bridgehead atoms. The van der Waals surface area contributed by atoms with Gasteiger partial charge in [-0.2, -0.15) is 0 Å². The average molecular weight is 319 g/mol. The van der Waals surface area contributed by atoms with Gasteiger partial charge in [-0.3, -0.25) is 9.59 Å². The molecule has 8 heteroatoms. The molecule has 0 aliphatic carbocycles. The van der Waals surface area contributed by atoms with Gasteiger partial charge < -0.3 is 15.8 Å². The van der Waals surface area contributed by atoms with Crippen LogP contribution < -0.4 is 11.1 Å². The zero-order chi connectivity index (χ0) is 16.9. The molecular weight excluding hydrogens is 298 g/mol. The van der Waals surface area contributed by atoms with Crippen molar-refractivity contribution >= 4 is 11.9 Å². The van der Waals surface area contributed by atoms with E-state index < -0.39 is 12.0 Å². The number of esters is 1. The number of nitrogens with one attached hydrogen (secondary N) is 1. The average Bonchev–Trinajstić information content (AvgIpc) is 2.58. The maximum Gasteiger partial charge on any atom is 0.323 e. The molecule has 124 valence electrons. The number of nitrogens with zero attached hydrogens (tertiary/aromatic N) is 3. The van der Waals surface area contributed by atoms with E-state index >= 15 is 0 Å². The molecule has 0 aliphatic rings. The molecule has 0 aliphatic heterocycles. The first-order valence-electron chi connectivity index (χ1n) is 7.37. The number of carbonyl (C=O) groups excluding carboxylic acids is 2. The van der Waals surface area contributed by atoms with Crippen LogP contribution >= 0.6 is 0 Å². The Labute approximate surface area is 134 Å². The van der Waals surface area contributed by atoms with Crippen molar-refractivity contribution < 1.29 is 14.3 Å². The quantitative estimate of drug-likeness (QED) is 0.223. The highest BCUT2D eigenvalue weighted by molar-refractivity contribution is 5.79. The minimum Gasteiger partial charge on any atom is -0.460 e. The second kappa shape index (κ2) is 11.1. The second-order valence-electron chi connectivity index (χ2n) is 4.90. The van der Waals surface area contributed by atoms with E-state index in [1.54, 1.807) is 0 Å². The third-order valence-electron chi connectivity index (χ3n) is 3.03. The number of hydrogen-bond acceptors (Lipinski definition) is 5. The second-order valence-corrected chi connectivity index (χ2v) is 4.90. The predicted molar refractivity (Wildman–Crippen MR) is 85.1 cm³/mol. The molecule has 0 aromatic heterocycles. The molecule has 0 spiro atoms. The molecule has 0 saturated heterocycles. The molecule has 1 aromatic rings. The summed E-state index contributed by atoms with van der Waals surface area (Å²) in [5, 5.41) is 6.02. The van der Waals surface area contributed by atoms with Gasteiger partial charge in [0.05, 0.1) is 0 Å². The fourth-order valence-electron chi connectivity index (χ4n) is 1.75. The van der Waals surface area contributed by atoms with Crippen LogP contribution in [-0.2, 0) is 20.9 Å². The minimum atomic E-state index is -0.826. The van der Waals surface area contributed by atoms with Crippen LogP contribution in [0.5, 0.6) is 0 Å². The fourth-order valence-corrected chi connectivity index (χ4v) is 1.75. The van der Waals surface area contributed by atoms with Crippen LogP contribution in [0.25, 0.3) is 10.4 Å². The van der Waals surface area contributed by atoms with E-state index in [0.29, 0.717) is 19.5 Å². The van der Waals surface area contributed by atoms with Gasteiger partial charge in [0.2, 0.25) is 5.91 Å². The summed E-state index contributed by atoms with van der Waals surface area (Å²) in [7, 11) is 0. The van der Waals surface area contributed by atoms with Crippen molar-refractivity contribution in [3.8, 4) is 0 Å². The van der Waals surface area contributed by atoms with Gasteiger partial charge >= 0.3 is 5.97 Å². The Morgan fingerprint density at radius 2 is 2.09 bits per heavy atom. The van der Waals surface area contributed by atoms with Crippen LogP contribution in [-0.4, -0.2) is 31.0 Å². The Hall–Kier alpha value is -2.57. The van der Waals surface area contributed by atoms with Crippen molar-refractivity contribution in [2.24, 2.45) is 10.8 Å². The maximum atomic E-state index is 11.7. The first kappa shape index (κ1) is 18.5. The lowest BCUT2D eigenvalue weighted by molar-refractivity contribution is -0.146. The monoisotopic (exact) mass is 319 g/mol. The van der Waals surface area contributed by atoms with E-state index in [2.05, 4.69) is 15.3 Å². The number of ether oxygens (including phenoxy) is 1. The van der Waals surface area contributed by atoms with Crippen molar-refractivity contribution in [1.82, 2.24) is 5.32 Å². The number of azide groups is 1. The van der Waals surface area contributed by atoms with Gasteiger partial charge in [-0.05, 0) is 23.9 Å². The highest BCUT2D eigenvalue weighted by atomic mass is 16.5. The van der Waals surface area contributed by atoms with Gasteiger partial charge in [-0.15, -0.1) is 0 Å². The topological polar surface area (TPSA) is 130 Å². The Morgan fingerprint density at radius 3 is 2.78 bits per heavy atom. The summed E-state index contributed by atoms with van der Waals surface area (Å²) >= 11 is 0. The first-order chi connectivity index (χ1) is 11.1. The number of carbonyl (C=O) groups is 2. The molecule has 1 aromatic carbocycles. The molecule has 1 rings (SSSR count). The fraction of sp³-hybridized carbons (Fsp3) is 0.467. The molecule has 0 heterocycles. The highest BCUT2D eigenvalue weighted by Gasteiger charge is 2.16. The SMILES string of the molecule is [N-]=[N+]=NCCCNC(=O)CCC(N)C(=O)OCc1ccccc1. The maximum absolute atomic E-state index is 11.7. The van der Waals surface area contributed by atoms with Crippen LogP contribution in [0.3, 0.4) is 0 Å². The van der Waals surface area contributed by atoms with Gasteiger partial charge in [-0.25, -0.2) is 0 Å². The van der Waals surface area contributed by atoms with Gasteiger partial charge in [0.1, 0.15) is 12.6 Å². The molecule has 0 radical (unpaired) electrons. The summed E-state index contributed by atoms with van der Waals surface area (Å²) in [6, 6.07) is 8.46. The van der Waals surface area contributed by atoms with Gasteiger partial charge in [0.25, 0.3) is 0 Å². The lowest BCUT2D eigenvalue weighted by Crippen LogP contribution is -2.34. The van der Waals surface area contributed by atoms with E-state index in [1.165, 1.54) is 0 Å². The van der Waals surface area contributed by atoms with Crippen LogP contribution in [0.15, 0.2) is 35.4 Å². The molecule has 0 saturated carbocycles. The van der Waals surface area contributed by atoms with E-state index in [9.17, 15) is 9.59 Å². The Kier molecular flexibility index (Phi) is 8.88. The standard InChI is InChI=1S/C15H21N5O3/c16-13(7-8-14(21)18-9-4-10-19-20-17)15(22)23-11-12-5-2-1-3-6-12/h1-3,5-6,13H,4,7-11,16H2,(H,18,21). The van der Waals surface area contributed by atoms with Gasteiger partial charge in [0.15, 0.2) is 0 Å². The van der Waals surface area contributed by atoms with Crippen molar-refractivity contribution in [2.45, 2.75) is 31.9 Å². The smallest absolute Gasteiger partial charge is 0.323 e. The van der Waals surface area contributed by atoms with E-state index in [-0.39, 0.29) is 25.4 Å². The zero-order valence-corrected chi connectivity index (χ0v) is 12.9. The number of rotatable bonds is 10. The van der Waals surface area contributed by atoms with Crippen LogP contribution in [0.1, 0.15) is 24.8 Å². The van der Waals surface area contributed by atoms with Crippen molar-refractivity contribution in [2.75, 3.05) is 13.1 Å². The third-order valence-corrected chi connectivity index (χ3v) is 3.03. The van der Waals surface area contributed by atoms with Gasteiger partial charge in [0, 0.05) is 24.4 Å². The number of benzene rings is 1. The van der Waals surface area contributed by atoms with Crippen molar-refractivity contribution in [3.05, 3.63) is 46.3 Å². The normalized spacial score (nSPS) is 11.2. The summed E-state index contributed by atoms with van der Waals surface area (Å²) in [5.74, 6) is -0.720. The van der Waals surface area contributed by atoms with Crippen LogP contribution in [0.2, 0.25) is 0 Å². The van der Waals surface area contributed by atoms with E-state index in [0.717, 1.165) is 5.56 Å². The minimum absolute atomic E-state index is 0.142. The summed E-state index contributed by atoms with van der Waals surface area (Å²) in [6.45, 7) is 0.923. The molecule has 1 unspecified atom stereocenters. The molecule has 0 fully saturated rings. The highest BCUT2D eigenvalue weighted by Crippen LogP contribution is 2.03. The summed E-state index contributed by atoms with van der Waals surface area (Å²) in [5.41, 5.74) is 14.7. The number of nitrogens with two attached hydrogens (primary N) is 1. The Morgan fingerprint density at radius 1 is 1.35 bits per heavy atom. The summed E-state index contributed by atoms with van der Waals surface area (Å²) < 4.78 is 5.11. The molecule has 23 heavy (non-hydrogen) atoms. The number of hydrogen-bond donors (Lipinski definition) is 2. The molecule has 8 nitrogen and oxygen atoms in total. The Balaban J connectivity index is 2.16. The molecule has 3 N–H and O–H groups in total. The van der Waals surface area contributed by atoms with Crippen LogP contribution in [0, 0.1) is 0 Å². The molecule has 1 atom stereocenters. The number of amides is 1. The summed E-state index contributed by atoms with van der Waals surface area (Å²) in [4.78, 5) is 25.9. The molecular formula is C15H21N5O3. The summed E-state index contributed by atoms with van der Waals surface area (Å²) in [6.07, 6.45) is 0.930. The van der Waals surface area contributed by atoms with Crippen molar-refractivity contribution in [1.29, 1.82) is 0 Å². The Bertz CT molecular complexity index is 543. The largest absolute Gasteiger partial charge is 0.460 e. The molecule has 1 amide bonds. The lowest BCUT2D eigenvalue weighted by atomic mass is 10.1. The van der Waals surface area contributed by atoms with Crippen molar-refractivity contribution in [3.63, 3.8) is 0 Å². The first-order valence-corrected chi connectivity index (χ1v) is 7.37. The third kappa shape index (κ3) is 8.45. The van der Waals surface area contributed by atoms with Crippen LogP contribution in [0.4, 0.5) is 0 Å². The van der Waals surface area contributed by atoms with Gasteiger partial charge in [-0.1, -0.05) is 35.4 Å². The van der Waals surface area contributed by atoms with E-state index in [4.69, 9.17) is 16.0 Å². The lowest BCUT2D eigenvalue weighted by Gasteiger charge is -2.11.